The molecule has 4 rings (SSSR count). The number of sulfonamides is 1. The number of phenolic OH excluding ortho intramolecular Hbond substituents is 1. The maximum Gasteiger partial charge on any atom is 0.296 e. The number of nitrogens with zero attached hydrogens (tertiary/aromatic N) is 2. The molecule has 160 valence electrons. The number of amides is 1. The molecular formula is C23H16IN3O4S. The molecule has 7 nitrogen and oxygen atoms in total. The Hall–Kier alpha value is -3.31. The van der Waals surface area contributed by atoms with E-state index in [1.165, 1.54) is 18.2 Å². The van der Waals surface area contributed by atoms with Crippen molar-refractivity contribution in [2.45, 2.75) is 4.90 Å². The van der Waals surface area contributed by atoms with Gasteiger partial charge in [0.25, 0.3) is 15.9 Å². The van der Waals surface area contributed by atoms with E-state index in [0.717, 1.165) is 0 Å². The molecule has 0 saturated heterocycles. The number of halogens is 1. The molecule has 9 heteroatoms. The van der Waals surface area contributed by atoms with Gasteiger partial charge < -0.3 is 5.11 Å². The van der Waals surface area contributed by atoms with E-state index in [0.29, 0.717) is 19.9 Å². The van der Waals surface area contributed by atoms with E-state index in [-0.39, 0.29) is 22.0 Å². The molecular weight excluding hydrogens is 541 g/mol. The lowest BCUT2D eigenvalue weighted by atomic mass is 10.1. The summed E-state index contributed by atoms with van der Waals surface area (Å²) in [6, 6.07) is 22.9. The first kappa shape index (κ1) is 21.9. The molecule has 0 unspecified atom stereocenters. The number of rotatable bonds is 5. The summed E-state index contributed by atoms with van der Waals surface area (Å²) < 4.78 is 29.0. The number of hydrogen-bond acceptors (Lipinski definition) is 5. The summed E-state index contributed by atoms with van der Waals surface area (Å²) in [6.07, 6.45) is 0. The molecule has 0 aliphatic heterocycles. The minimum atomic E-state index is -3.89. The van der Waals surface area contributed by atoms with Crippen LogP contribution < -0.4 is 4.72 Å². The monoisotopic (exact) mass is 557 g/mol. The first-order valence-electron chi connectivity index (χ1n) is 9.40. The Morgan fingerprint density at radius 1 is 0.875 bits per heavy atom. The second kappa shape index (κ2) is 9.05. The van der Waals surface area contributed by atoms with Gasteiger partial charge >= 0.3 is 0 Å². The normalized spacial score (nSPS) is 11.7. The van der Waals surface area contributed by atoms with Gasteiger partial charge in [0, 0.05) is 14.3 Å². The van der Waals surface area contributed by atoms with Crippen LogP contribution in [0.1, 0.15) is 10.4 Å². The summed E-state index contributed by atoms with van der Waals surface area (Å²) in [6.45, 7) is 0. The number of carbonyl (C=O) groups is 1. The highest BCUT2D eigenvalue weighted by Gasteiger charge is 2.18. The van der Waals surface area contributed by atoms with Crippen molar-refractivity contribution in [3.63, 3.8) is 0 Å². The van der Waals surface area contributed by atoms with Gasteiger partial charge in [-0.25, -0.2) is 8.42 Å². The van der Waals surface area contributed by atoms with Crippen molar-refractivity contribution >= 4 is 60.7 Å². The maximum atomic E-state index is 12.8. The van der Waals surface area contributed by atoms with Crippen LogP contribution in [0, 0.1) is 3.57 Å². The Morgan fingerprint density at radius 3 is 2.22 bits per heavy atom. The minimum absolute atomic E-state index is 0.0336. The van der Waals surface area contributed by atoms with E-state index < -0.39 is 15.9 Å². The second-order valence-corrected chi connectivity index (χ2v) is 9.59. The average molecular weight is 557 g/mol. The fourth-order valence-corrected chi connectivity index (χ4v) is 4.81. The van der Waals surface area contributed by atoms with Gasteiger partial charge in [-0.15, -0.1) is 10.2 Å². The topological polar surface area (TPSA) is 108 Å². The molecule has 0 saturated carbocycles. The first-order chi connectivity index (χ1) is 15.4. The third-order valence-electron chi connectivity index (χ3n) is 4.65. The van der Waals surface area contributed by atoms with Gasteiger partial charge in [-0.05, 0) is 52.9 Å². The van der Waals surface area contributed by atoms with Crippen LogP contribution in [0.15, 0.2) is 100 Å². The minimum Gasteiger partial charge on any atom is -0.505 e. The van der Waals surface area contributed by atoms with Crippen LogP contribution in [0.2, 0.25) is 0 Å². The van der Waals surface area contributed by atoms with Gasteiger partial charge in [0.2, 0.25) is 0 Å². The highest BCUT2D eigenvalue weighted by molar-refractivity contribution is 14.1. The number of nitrogens with one attached hydrogen (secondary N) is 1. The van der Waals surface area contributed by atoms with E-state index >= 15 is 0 Å². The van der Waals surface area contributed by atoms with Crippen LogP contribution in [-0.4, -0.2) is 19.4 Å². The van der Waals surface area contributed by atoms with Gasteiger partial charge in [0.1, 0.15) is 5.69 Å². The van der Waals surface area contributed by atoms with Gasteiger partial charge in [-0.3, -0.25) is 9.52 Å². The predicted octanol–water partition coefficient (Wildman–Crippen LogP) is 5.87. The van der Waals surface area contributed by atoms with Gasteiger partial charge in [0.15, 0.2) is 5.75 Å². The molecule has 0 atom stereocenters. The third kappa shape index (κ3) is 4.48. The van der Waals surface area contributed by atoms with Crippen LogP contribution in [0.5, 0.6) is 5.75 Å². The lowest BCUT2D eigenvalue weighted by molar-refractivity contribution is 0.0994. The Bertz CT molecular complexity index is 1460. The standard InChI is InChI=1S/C23H16IN3O4S/c24-19-13-7-6-12-18(19)23(29)26-25-21-14-20(16-10-4-5-11-17(16)22(21)28)27-32(30,31)15-8-2-1-3-9-15/h1-14,27-28H. The van der Waals surface area contributed by atoms with Gasteiger partial charge in [-0.1, -0.05) is 54.6 Å². The molecule has 0 heterocycles. The largest absolute Gasteiger partial charge is 0.505 e. The van der Waals surface area contributed by atoms with Crippen LogP contribution in [0.3, 0.4) is 0 Å². The van der Waals surface area contributed by atoms with Crippen molar-refractivity contribution in [2.75, 3.05) is 4.72 Å². The third-order valence-corrected chi connectivity index (χ3v) is 6.97. The lowest BCUT2D eigenvalue weighted by Gasteiger charge is -2.13. The predicted molar refractivity (Wildman–Crippen MR) is 131 cm³/mol. The Kier molecular flexibility index (Phi) is 6.19. The van der Waals surface area contributed by atoms with Crippen LogP contribution in [0.25, 0.3) is 10.8 Å². The van der Waals surface area contributed by atoms with Gasteiger partial charge in [0.05, 0.1) is 16.1 Å². The summed E-state index contributed by atoms with van der Waals surface area (Å²) in [5.74, 6) is -0.781. The number of carbonyl (C=O) groups excluding carboxylic acids is 1. The van der Waals surface area contributed by atoms with E-state index in [9.17, 15) is 18.3 Å². The molecule has 0 aliphatic carbocycles. The first-order valence-corrected chi connectivity index (χ1v) is 12.0. The molecule has 0 spiro atoms. The Morgan fingerprint density at radius 2 is 1.50 bits per heavy atom. The van der Waals surface area contributed by atoms with Crippen molar-refractivity contribution in [3.05, 3.63) is 94.1 Å². The van der Waals surface area contributed by atoms with E-state index in [4.69, 9.17) is 0 Å². The molecule has 0 fully saturated rings. The number of fused-ring (bicyclic) bond motifs is 1. The number of benzene rings is 4. The summed E-state index contributed by atoms with van der Waals surface area (Å²) in [5.41, 5.74) is 0.550. The molecule has 0 bridgehead atoms. The zero-order chi connectivity index (χ0) is 22.7. The van der Waals surface area contributed by atoms with Crippen LogP contribution in [-0.2, 0) is 10.0 Å². The summed E-state index contributed by atoms with van der Waals surface area (Å²) in [5, 5.41) is 19.2. The zero-order valence-electron chi connectivity index (χ0n) is 16.4. The highest BCUT2D eigenvalue weighted by Crippen LogP contribution is 2.40. The molecule has 0 aliphatic rings. The molecule has 4 aromatic carbocycles. The molecule has 32 heavy (non-hydrogen) atoms. The van der Waals surface area contributed by atoms with E-state index in [1.54, 1.807) is 66.7 Å². The highest BCUT2D eigenvalue weighted by atomic mass is 127. The summed E-state index contributed by atoms with van der Waals surface area (Å²) in [4.78, 5) is 12.5. The molecule has 4 aromatic rings. The van der Waals surface area contributed by atoms with Crippen molar-refractivity contribution < 1.29 is 18.3 Å². The van der Waals surface area contributed by atoms with Crippen LogP contribution in [0.4, 0.5) is 11.4 Å². The number of anilines is 1. The van der Waals surface area contributed by atoms with Crippen molar-refractivity contribution in [2.24, 2.45) is 10.2 Å². The summed E-state index contributed by atoms with van der Waals surface area (Å²) >= 11 is 2.03. The Labute approximate surface area is 198 Å². The van der Waals surface area contributed by atoms with Crippen molar-refractivity contribution in [1.82, 2.24) is 0 Å². The fraction of sp³-hybridized carbons (Fsp3) is 0. The van der Waals surface area contributed by atoms with Crippen molar-refractivity contribution in [3.8, 4) is 5.75 Å². The average Bonchev–Trinajstić information content (AvgIpc) is 2.80. The van der Waals surface area contributed by atoms with Gasteiger partial charge in [-0.2, -0.15) is 0 Å². The zero-order valence-corrected chi connectivity index (χ0v) is 19.4. The maximum absolute atomic E-state index is 12.8. The van der Waals surface area contributed by atoms with Crippen LogP contribution >= 0.6 is 22.6 Å². The second-order valence-electron chi connectivity index (χ2n) is 6.74. The number of phenols is 1. The number of azo groups is 1. The van der Waals surface area contributed by atoms with E-state index in [1.807, 2.05) is 22.6 Å². The number of aromatic hydroxyl groups is 1. The molecule has 0 radical (unpaired) electrons. The molecule has 2 N–H and O–H groups in total. The Balaban J connectivity index is 1.77. The summed E-state index contributed by atoms with van der Waals surface area (Å²) in [7, 11) is -3.89. The SMILES string of the molecule is O=C(N=Nc1cc(NS(=O)(=O)c2ccccc2)c2ccccc2c1O)c1ccccc1I. The molecule has 0 aromatic heterocycles. The fourth-order valence-electron chi connectivity index (χ4n) is 3.10. The lowest BCUT2D eigenvalue weighted by Crippen LogP contribution is -2.13. The van der Waals surface area contributed by atoms with Crippen molar-refractivity contribution in [1.29, 1.82) is 0 Å². The smallest absolute Gasteiger partial charge is 0.296 e. The number of hydrogen-bond donors (Lipinski definition) is 2. The van der Waals surface area contributed by atoms with E-state index in [2.05, 4.69) is 15.0 Å². The molecule has 1 amide bonds. The quantitative estimate of drug-likeness (QED) is 0.182.